The van der Waals surface area contributed by atoms with Crippen molar-refractivity contribution >= 4 is 16.8 Å². The van der Waals surface area contributed by atoms with Gasteiger partial charge >= 0.3 is 0 Å². The molecule has 2 N–H and O–H groups in total. The van der Waals surface area contributed by atoms with Gasteiger partial charge in [-0.2, -0.15) is 0 Å². The number of fused-ring (bicyclic) bond motifs is 1. The van der Waals surface area contributed by atoms with Crippen molar-refractivity contribution in [1.29, 1.82) is 0 Å². The lowest BCUT2D eigenvalue weighted by molar-refractivity contribution is -0.122. The third kappa shape index (κ3) is 3.10. The van der Waals surface area contributed by atoms with E-state index in [2.05, 4.69) is 5.32 Å². The van der Waals surface area contributed by atoms with E-state index in [-0.39, 0.29) is 12.5 Å². The number of carbonyl (C=O) groups excluding carboxylic acids is 1. The Morgan fingerprint density at radius 3 is 2.81 bits per heavy atom. The number of nitrogens with one attached hydrogen (secondary N) is 1. The van der Waals surface area contributed by atoms with Gasteiger partial charge in [-0.25, -0.2) is 0 Å². The predicted octanol–water partition coefficient (Wildman–Crippen LogP) is 2.58. The van der Waals surface area contributed by atoms with E-state index in [1.807, 2.05) is 35.0 Å². The molecule has 0 saturated heterocycles. The Bertz CT molecular complexity index is 627. The molecule has 4 heteroatoms. The van der Waals surface area contributed by atoms with Gasteiger partial charge in [0.15, 0.2) is 0 Å². The largest absolute Gasteiger partial charge is 0.392 e. The Hall–Kier alpha value is -1.81. The lowest BCUT2D eigenvalue weighted by Crippen LogP contribution is -2.38. The molecule has 1 heterocycles. The monoisotopic (exact) mass is 286 g/mol. The summed E-state index contributed by atoms with van der Waals surface area (Å²) >= 11 is 0. The highest BCUT2D eigenvalue weighted by Crippen LogP contribution is 2.21. The highest BCUT2D eigenvalue weighted by atomic mass is 16.3. The number of benzene rings is 1. The van der Waals surface area contributed by atoms with E-state index in [1.54, 1.807) is 0 Å². The zero-order valence-electron chi connectivity index (χ0n) is 12.2. The number of hydrogen-bond donors (Lipinski definition) is 2. The lowest BCUT2D eigenvalue weighted by Gasteiger charge is -2.22. The minimum Gasteiger partial charge on any atom is -0.392 e. The Labute approximate surface area is 124 Å². The van der Waals surface area contributed by atoms with E-state index in [9.17, 15) is 9.90 Å². The van der Waals surface area contributed by atoms with Crippen molar-refractivity contribution in [1.82, 2.24) is 9.88 Å². The van der Waals surface area contributed by atoms with Crippen LogP contribution in [0.3, 0.4) is 0 Å². The molecule has 0 unspecified atom stereocenters. The number of carbonyl (C=O) groups is 1. The van der Waals surface area contributed by atoms with Crippen molar-refractivity contribution < 1.29 is 9.90 Å². The highest BCUT2D eigenvalue weighted by Gasteiger charge is 2.16. The van der Waals surface area contributed by atoms with Gasteiger partial charge in [0.1, 0.15) is 6.54 Å². The van der Waals surface area contributed by atoms with Crippen LogP contribution in [0.1, 0.15) is 37.7 Å². The summed E-state index contributed by atoms with van der Waals surface area (Å²) in [6, 6.07) is 8.14. The molecule has 4 nitrogen and oxygen atoms in total. The van der Waals surface area contributed by atoms with Crippen molar-refractivity contribution in [3.05, 3.63) is 36.0 Å². The Morgan fingerprint density at radius 2 is 2.05 bits per heavy atom. The summed E-state index contributed by atoms with van der Waals surface area (Å²) in [6.07, 6.45) is 7.86. The van der Waals surface area contributed by atoms with Crippen molar-refractivity contribution in [3.63, 3.8) is 0 Å². The zero-order valence-corrected chi connectivity index (χ0v) is 12.2. The number of amides is 1. The molecule has 0 bridgehead atoms. The van der Waals surface area contributed by atoms with E-state index in [0.29, 0.717) is 12.6 Å². The molecule has 3 rings (SSSR count). The Morgan fingerprint density at radius 1 is 1.24 bits per heavy atom. The van der Waals surface area contributed by atoms with Gasteiger partial charge in [0, 0.05) is 23.1 Å². The van der Waals surface area contributed by atoms with Crippen LogP contribution in [-0.2, 0) is 17.9 Å². The van der Waals surface area contributed by atoms with Crippen LogP contribution in [-0.4, -0.2) is 21.6 Å². The van der Waals surface area contributed by atoms with Crippen molar-refractivity contribution in [3.8, 4) is 0 Å². The SMILES string of the molecule is O=C(Cn1ccc2c(CO)cccc21)NC1CCCCC1. The van der Waals surface area contributed by atoms with Crippen LogP contribution in [0.15, 0.2) is 30.5 Å². The van der Waals surface area contributed by atoms with Crippen LogP contribution in [0.25, 0.3) is 10.9 Å². The topological polar surface area (TPSA) is 54.3 Å². The summed E-state index contributed by atoms with van der Waals surface area (Å²) in [4.78, 5) is 12.2. The van der Waals surface area contributed by atoms with Crippen molar-refractivity contribution in [2.24, 2.45) is 0 Å². The zero-order chi connectivity index (χ0) is 14.7. The lowest BCUT2D eigenvalue weighted by atomic mass is 9.95. The molecule has 0 radical (unpaired) electrons. The third-order valence-corrected chi connectivity index (χ3v) is 4.36. The first kappa shape index (κ1) is 14.1. The molecule has 0 aliphatic heterocycles. The maximum atomic E-state index is 12.2. The standard InChI is InChI=1S/C17H22N2O2/c20-12-13-5-4-8-16-15(13)9-10-19(16)11-17(21)18-14-6-2-1-3-7-14/h4-5,8-10,14,20H,1-3,6-7,11-12H2,(H,18,21). The fraction of sp³-hybridized carbons (Fsp3) is 0.471. The minimum atomic E-state index is 0.0234. The fourth-order valence-electron chi connectivity index (χ4n) is 3.24. The molecule has 2 aromatic rings. The first-order valence-electron chi connectivity index (χ1n) is 7.75. The van der Waals surface area contributed by atoms with E-state index in [4.69, 9.17) is 0 Å². The van der Waals surface area contributed by atoms with Crippen molar-refractivity contribution in [2.45, 2.75) is 51.3 Å². The number of hydrogen-bond acceptors (Lipinski definition) is 2. The predicted molar refractivity (Wildman–Crippen MR) is 82.9 cm³/mol. The highest BCUT2D eigenvalue weighted by molar-refractivity contribution is 5.85. The summed E-state index contributed by atoms with van der Waals surface area (Å²) < 4.78 is 1.95. The molecule has 21 heavy (non-hydrogen) atoms. The molecule has 112 valence electrons. The second-order valence-electron chi connectivity index (χ2n) is 5.85. The summed E-state index contributed by atoms with van der Waals surface area (Å²) in [5.74, 6) is 0.0776. The van der Waals surface area contributed by atoms with Gasteiger partial charge in [-0.3, -0.25) is 4.79 Å². The van der Waals surface area contributed by atoms with Gasteiger partial charge in [0.2, 0.25) is 5.91 Å². The summed E-state index contributed by atoms with van der Waals surface area (Å²) in [6.45, 7) is 0.366. The molecule has 0 atom stereocenters. The minimum absolute atomic E-state index is 0.0234. The fourth-order valence-corrected chi connectivity index (χ4v) is 3.24. The van der Waals surface area contributed by atoms with E-state index < -0.39 is 0 Å². The van der Waals surface area contributed by atoms with Gasteiger partial charge in [0.05, 0.1) is 6.61 Å². The van der Waals surface area contributed by atoms with E-state index in [0.717, 1.165) is 29.3 Å². The molecule has 1 fully saturated rings. The molecule has 1 aliphatic carbocycles. The van der Waals surface area contributed by atoms with Crippen LogP contribution < -0.4 is 5.32 Å². The molecular weight excluding hydrogens is 264 g/mol. The molecule has 1 aliphatic rings. The molecule has 1 aromatic carbocycles. The summed E-state index contributed by atoms with van der Waals surface area (Å²) in [7, 11) is 0. The van der Waals surface area contributed by atoms with Gasteiger partial charge in [-0.05, 0) is 30.5 Å². The van der Waals surface area contributed by atoms with Crippen LogP contribution >= 0.6 is 0 Å². The van der Waals surface area contributed by atoms with Crippen molar-refractivity contribution in [2.75, 3.05) is 0 Å². The second-order valence-corrected chi connectivity index (χ2v) is 5.85. The average molecular weight is 286 g/mol. The molecule has 1 aromatic heterocycles. The first-order valence-corrected chi connectivity index (χ1v) is 7.75. The Balaban J connectivity index is 1.71. The maximum Gasteiger partial charge on any atom is 0.240 e. The number of nitrogens with zero attached hydrogens (tertiary/aromatic N) is 1. The second kappa shape index (κ2) is 6.31. The van der Waals surface area contributed by atoms with E-state index >= 15 is 0 Å². The number of aliphatic hydroxyl groups excluding tert-OH is 1. The third-order valence-electron chi connectivity index (χ3n) is 4.36. The van der Waals surface area contributed by atoms with E-state index in [1.165, 1.54) is 19.3 Å². The normalized spacial score (nSPS) is 16.2. The van der Waals surface area contributed by atoms with Gasteiger partial charge in [0.25, 0.3) is 0 Å². The van der Waals surface area contributed by atoms with Gasteiger partial charge < -0.3 is 15.0 Å². The van der Waals surface area contributed by atoms with Crippen LogP contribution in [0.4, 0.5) is 0 Å². The molecule has 1 amide bonds. The molecule has 0 spiro atoms. The number of aromatic nitrogens is 1. The Kier molecular flexibility index (Phi) is 4.25. The number of aliphatic hydroxyl groups is 1. The smallest absolute Gasteiger partial charge is 0.240 e. The molecular formula is C17H22N2O2. The van der Waals surface area contributed by atoms with Crippen LogP contribution in [0.5, 0.6) is 0 Å². The van der Waals surface area contributed by atoms with Crippen LogP contribution in [0, 0.1) is 0 Å². The van der Waals surface area contributed by atoms with Gasteiger partial charge in [-0.15, -0.1) is 0 Å². The first-order chi connectivity index (χ1) is 10.3. The van der Waals surface area contributed by atoms with Gasteiger partial charge in [-0.1, -0.05) is 31.4 Å². The number of rotatable bonds is 4. The average Bonchev–Trinajstić information content (AvgIpc) is 2.91. The summed E-state index contributed by atoms with van der Waals surface area (Å²) in [5, 5.41) is 13.5. The molecule has 1 saturated carbocycles. The summed E-state index contributed by atoms with van der Waals surface area (Å²) in [5.41, 5.74) is 1.90. The maximum absolute atomic E-state index is 12.2. The van der Waals surface area contributed by atoms with Crippen LogP contribution in [0.2, 0.25) is 0 Å². The quantitative estimate of drug-likeness (QED) is 0.907.